The summed E-state index contributed by atoms with van der Waals surface area (Å²) in [6.07, 6.45) is 0.722. The number of nitrogens with zero attached hydrogens (tertiary/aromatic N) is 1. The van der Waals surface area contributed by atoms with Crippen molar-refractivity contribution in [2.24, 2.45) is 0 Å². The minimum absolute atomic E-state index is 0.151. The van der Waals surface area contributed by atoms with Gasteiger partial charge in [-0.05, 0) is 25.1 Å². The van der Waals surface area contributed by atoms with Crippen LogP contribution in [0.5, 0.6) is 5.75 Å². The van der Waals surface area contributed by atoms with Crippen LogP contribution in [0.1, 0.15) is 21.1 Å². The molecule has 0 saturated heterocycles. The number of amides is 1. The molecule has 2 aromatic rings. The lowest BCUT2D eigenvalue weighted by Gasteiger charge is -2.07. The zero-order valence-corrected chi connectivity index (χ0v) is 12.8. The van der Waals surface area contributed by atoms with Crippen LogP contribution in [0.15, 0.2) is 23.6 Å². The number of carbonyl (C=O) groups is 1. The first-order chi connectivity index (χ1) is 9.60. The van der Waals surface area contributed by atoms with Crippen LogP contribution < -0.4 is 10.1 Å². The van der Waals surface area contributed by atoms with E-state index in [1.54, 1.807) is 29.5 Å². The predicted octanol–water partition coefficient (Wildman–Crippen LogP) is 3.09. The zero-order chi connectivity index (χ0) is 14.5. The van der Waals surface area contributed by atoms with Crippen LogP contribution in [0.4, 0.5) is 0 Å². The van der Waals surface area contributed by atoms with Crippen molar-refractivity contribution in [1.29, 1.82) is 0 Å². The first-order valence-corrected chi connectivity index (χ1v) is 7.38. The maximum Gasteiger partial charge on any atom is 0.251 e. The summed E-state index contributed by atoms with van der Waals surface area (Å²) in [6.45, 7) is 2.51. The summed E-state index contributed by atoms with van der Waals surface area (Å²) in [5.74, 6) is 0.405. The number of ether oxygens (including phenoxy) is 1. The Hall–Kier alpha value is -1.59. The Morgan fingerprint density at radius 1 is 1.50 bits per heavy atom. The summed E-state index contributed by atoms with van der Waals surface area (Å²) in [4.78, 5) is 16.3. The van der Waals surface area contributed by atoms with Crippen molar-refractivity contribution < 1.29 is 9.53 Å². The Morgan fingerprint density at radius 2 is 2.30 bits per heavy atom. The molecule has 0 aliphatic rings. The third kappa shape index (κ3) is 3.71. The van der Waals surface area contributed by atoms with Gasteiger partial charge in [0.15, 0.2) is 0 Å². The van der Waals surface area contributed by atoms with Crippen molar-refractivity contribution in [1.82, 2.24) is 10.3 Å². The fraction of sp³-hybridized carbons (Fsp3) is 0.286. The highest BCUT2D eigenvalue weighted by Gasteiger charge is 2.09. The fourth-order valence-corrected chi connectivity index (χ4v) is 2.64. The van der Waals surface area contributed by atoms with Gasteiger partial charge in [0.1, 0.15) is 5.75 Å². The number of thiazole rings is 1. The maximum absolute atomic E-state index is 12.0. The molecule has 6 heteroatoms. The molecule has 0 fully saturated rings. The third-order valence-corrected chi connectivity index (χ3v) is 3.86. The molecule has 2 rings (SSSR count). The van der Waals surface area contributed by atoms with Gasteiger partial charge in [-0.1, -0.05) is 11.6 Å². The standard InChI is InChI=1S/C14H15ClN2O2S/c1-9-17-11(8-20-9)5-6-16-14(18)10-3-4-13(19-2)12(15)7-10/h3-4,7-8H,5-6H2,1-2H3,(H,16,18). The second-order valence-electron chi connectivity index (χ2n) is 4.21. The van der Waals surface area contributed by atoms with E-state index in [1.807, 2.05) is 12.3 Å². The minimum atomic E-state index is -0.151. The van der Waals surface area contributed by atoms with Gasteiger partial charge in [-0.2, -0.15) is 0 Å². The number of methoxy groups -OCH3 is 1. The first-order valence-electron chi connectivity index (χ1n) is 6.13. The predicted molar refractivity (Wildman–Crippen MR) is 80.9 cm³/mol. The molecule has 1 heterocycles. The highest BCUT2D eigenvalue weighted by Crippen LogP contribution is 2.24. The second kappa shape index (κ2) is 6.72. The van der Waals surface area contributed by atoms with Crippen LogP contribution in [0.2, 0.25) is 5.02 Å². The van der Waals surface area contributed by atoms with Crippen LogP contribution in [-0.4, -0.2) is 24.5 Å². The van der Waals surface area contributed by atoms with Gasteiger partial charge in [-0.3, -0.25) is 4.79 Å². The molecule has 1 amide bonds. The highest BCUT2D eigenvalue weighted by molar-refractivity contribution is 7.09. The highest BCUT2D eigenvalue weighted by atomic mass is 35.5. The molecule has 20 heavy (non-hydrogen) atoms. The van der Waals surface area contributed by atoms with E-state index in [2.05, 4.69) is 10.3 Å². The molecule has 0 spiro atoms. The van der Waals surface area contributed by atoms with E-state index in [0.29, 0.717) is 22.9 Å². The number of nitrogens with one attached hydrogen (secondary N) is 1. The van der Waals surface area contributed by atoms with E-state index >= 15 is 0 Å². The summed E-state index contributed by atoms with van der Waals surface area (Å²) >= 11 is 7.60. The van der Waals surface area contributed by atoms with Gasteiger partial charge >= 0.3 is 0 Å². The lowest BCUT2D eigenvalue weighted by atomic mass is 10.2. The molecule has 0 unspecified atom stereocenters. The summed E-state index contributed by atoms with van der Waals surface area (Å²) in [5.41, 5.74) is 1.52. The van der Waals surface area contributed by atoms with Gasteiger partial charge in [-0.25, -0.2) is 4.98 Å². The molecule has 0 aliphatic carbocycles. The zero-order valence-electron chi connectivity index (χ0n) is 11.3. The van der Waals surface area contributed by atoms with E-state index in [1.165, 1.54) is 7.11 Å². The number of benzene rings is 1. The third-order valence-electron chi connectivity index (χ3n) is 2.75. The number of aromatic nitrogens is 1. The van der Waals surface area contributed by atoms with Gasteiger partial charge in [0.25, 0.3) is 5.91 Å². The summed E-state index contributed by atoms with van der Waals surface area (Å²) in [6, 6.07) is 4.97. The van der Waals surface area contributed by atoms with Gasteiger partial charge in [0, 0.05) is 23.9 Å². The van der Waals surface area contributed by atoms with Crippen LogP contribution in [0.25, 0.3) is 0 Å². The fourth-order valence-electron chi connectivity index (χ4n) is 1.74. The SMILES string of the molecule is COc1ccc(C(=O)NCCc2csc(C)n2)cc1Cl. The van der Waals surface area contributed by atoms with Crippen LogP contribution in [0.3, 0.4) is 0 Å². The van der Waals surface area contributed by atoms with Crippen molar-refractivity contribution in [3.8, 4) is 5.75 Å². The van der Waals surface area contributed by atoms with Crippen molar-refractivity contribution in [3.63, 3.8) is 0 Å². The molecule has 1 N–H and O–H groups in total. The van der Waals surface area contributed by atoms with E-state index < -0.39 is 0 Å². The topological polar surface area (TPSA) is 51.2 Å². The lowest BCUT2D eigenvalue weighted by Crippen LogP contribution is -2.25. The summed E-state index contributed by atoms with van der Waals surface area (Å²) in [7, 11) is 1.54. The second-order valence-corrected chi connectivity index (χ2v) is 5.68. The number of rotatable bonds is 5. The quantitative estimate of drug-likeness (QED) is 0.923. The van der Waals surface area contributed by atoms with Gasteiger partial charge in [0.2, 0.25) is 0 Å². The average molecular weight is 311 g/mol. The molecule has 0 aliphatic heterocycles. The van der Waals surface area contributed by atoms with Gasteiger partial charge in [0.05, 0.1) is 22.8 Å². The van der Waals surface area contributed by atoms with Crippen LogP contribution >= 0.6 is 22.9 Å². The molecule has 1 aromatic carbocycles. The Balaban J connectivity index is 1.90. The number of carbonyl (C=O) groups excluding carboxylic acids is 1. The van der Waals surface area contributed by atoms with E-state index in [0.717, 1.165) is 17.1 Å². The van der Waals surface area contributed by atoms with Crippen molar-refractivity contribution in [2.45, 2.75) is 13.3 Å². The number of hydrogen-bond acceptors (Lipinski definition) is 4. The largest absolute Gasteiger partial charge is 0.495 e. The average Bonchev–Trinajstić information content (AvgIpc) is 2.84. The summed E-state index contributed by atoms with van der Waals surface area (Å²) in [5, 5.41) is 6.31. The molecule has 106 valence electrons. The molecular formula is C14H15ClN2O2S. The Bertz CT molecular complexity index is 613. The first kappa shape index (κ1) is 14.8. The van der Waals surface area contributed by atoms with Gasteiger partial charge in [-0.15, -0.1) is 11.3 Å². The smallest absolute Gasteiger partial charge is 0.251 e. The van der Waals surface area contributed by atoms with Crippen molar-refractivity contribution in [3.05, 3.63) is 44.9 Å². The lowest BCUT2D eigenvalue weighted by molar-refractivity contribution is 0.0954. The summed E-state index contributed by atoms with van der Waals surface area (Å²) < 4.78 is 5.05. The Kier molecular flexibility index (Phi) is 4.98. The number of aryl methyl sites for hydroxylation is 1. The molecule has 4 nitrogen and oxygen atoms in total. The number of hydrogen-bond donors (Lipinski definition) is 1. The van der Waals surface area contributed by atoms with E-state index in [4.69, 9.17) is 16.3 Å². The van der Waals surface area contributed by atoms with Crippen LogP contribution in [-0.2, 0) is 6.42 Å². The van der Waals surface area contributed by atoms with E-state index in [-0.39, 0.29) is 5.91 Å². The molecule has 0 atom stereocenters. The van der Waals surface area contributed by atoms with Crippen molar-refractivity contribution in [2.75, 3.05) is 13.7 Å². The number of halogens is 1. The van der Waals surface area contributed by atoms with Crippen molar-refractivity contribution >= 4 is 28.8 Å². The van der Waals surface area contributed by atoms with E-state index in [9.17, 15) is 4.79 Å². The molecule has 1 aromatic heterocycles. The minimum Gasteiger partial charge on any atom is -0.495 e. The Labute approximate surface area is 126 Å². The molecule has 0 radical (unpaired) electrons. The maximum atomic E-state index is 12.0. The van der Waals surface area contributed by atoms with Gasteiger partial charge < -0.3 is 10.1 Å². The Morgan fingerprint density at radius 3 is 2.90 bits per heavy atom. The molecule has 0 bridgehead atoms. The molecular weight excluding hydrogens is 296 g/mol. The monoisotopic (exact) mass is 310 g/mol. The molecule has 0 saturated carbocycles. The normalized spacial score (nSPS) is 10.3. The van der Waals surface area contributed by atoms with Crippen LogP contribution in [0, 0.1) is 6.92 Å².